The van der Waals surface area contributed by atoms with E-state index >= 15 is 0 Å². The molecule has 1 N–H and O–H groups in total. The molecule has 0 radical (unpaired) electrons. The zero-order chi connectivity index (χ0) is 20.6. The molecule has 0 aliphatic heterocycles. The number of anilines is 1. The van der Waals surface area contributed by atoms with E-state index in [-0.39, 0.29) is 5.91 Å². The van der Waals surface area contributed by atoms with E-state index < -0.39 is 0 Å². The lowest BCUT2D eigenvalue weighted by Gasteiger charge is -2.09. The van der Waals surface area contributed by atoms with Crippen molar-refractivity contribution in [3.8, 4) is 11.1 Å². The smallest absolute Gasteiger partial charge is 0.248 e. The second-order valence-corrected chi connectivity index (χ2v) is 7.64. The van der Waals surface area contributed by atoms with Crippen LogP contribution in [0.2, 0.25) is 5.02 Å². The fourth-order valence-electron chi connectivity index (χ4n) is 2.89. The molecule has 0 spiro atoms. The van der Waals surface area contributed by atoms with Crippen molar-refractivity contribution in [3.05, 3.63) is 95.0 Å². The monoisotopic (exact) mass is 404 g/mol. The van der Waals surface area contributed by atoms with Gasteiger partial charge < -0.3 is 10.2 Å². The minimum absolute atomic E-state index is 0.146. The molecule has 1 amide bonds. The van der Waals surface area contributed by atoms with Crippen molar-refractivity contribution in [2.24, 2.45) is 0 Å². The Morgan fingerprint density at radius 1 is 0.897 bits per heavy atom. The third-order valence-corrected chi connectivity index (χ3v) is 4.84. The Morgan fingerprint density at radius 2 is 1.48 bits per heavy atom. The fourth-order valence-corrected chi connectivity index (χ4v) is 3.02. The molecule has 0 saturated heterocycles. The van der Waals surface area contributed by atoms with E-state index in [1.165, 1.54) is 5.56 Å². The minimum Gasteiger partial charge on any atom is -0.323 e. The Bertz CT molecular complexity index is 959. The maximum Gasteiger partial charge on any atom is 0.248 e. The van der Waals surface area contributed by atoms with E-state index in [2.05, 4.69) is 36.4 Å². The normalized spacial score (nSPS) is 11.2. The van der Waals surface area contributed by atoms with E-state index in [4.69, 9.17) is 11.6 Å². The van der Waals surface area contributed by atoms with E-state index in [9.17, 15) is 4.79 Å². The number of hydrogen-bond acceptors (Lipinski definition) is 2. The van der Waals surface area contributed by atoms with Gasteiger partial charge in [-0.2, -0.15) is 0 Å². The van der Waals surface area contributed by atoms with Gasteiger partial charge in [-0.25, -0.2) is 0 Å². The molecule has 0 aliphatic rings. The van der Waals surface area contributed by atoms with Gasteiger partial charge in [-0.1, -0.05) is 60.1 Å². The van der Waals surface area contributed by atoms with E-state index in [1.54, 1.807) is 6.08 Å². The van der Waals surface area contributed by atoms with Crippen molar-refractivity contribution in [2.75, 3.05) is 26.0 Å². The molecule has 3 aromatic rings. The SMILES string of the molecule is CN(C)CCc1ccc(NC(=O)/C=C/c2ccc(-c3ccc(Cl)cc3)cc2)cc1. The summed E-state index contributed by atoms with van der Waals surface area (Å²) in [7, 11) is 4.12. The summed E-state index contributed by atoms with van der Waals surface area (Å²) in [6, 6.07) is 23.8. The molecule has 29 heavy (non-hydrogen) atoms. The number of carbonyl (C=O) groups excluding carboxylic acids is 1. The zero-order valence-electron chi connectivity index (χ0n) is 16.7. The van der Waals surface area contributed by atoms with Crippen molar-refractivity contribution < 1.29 is 4.79 Å². The summed E-state index contributed by atoms with van der Waals surface area (Å²) in [6.45, 7) is 1.01. The summed E-state index contributed by atoms with van der Waals surface area (Å²) in [5.74, 6) is -0.146. The molecular formula is C25H25ClN2O. The lowest BCUT2D eigenvalue weighted by atomic mass is 10.0. The maximum absolute atomic E-state index is 12.2. The molecule has 0 saturated carbocycles. The molecule has 0 bridgehead atoms. The van der Waals surface area contributed by atoms with Crippen LogP contribution in [0.1, 0.15) is 11.1 Å². The van der Waals surface area contributed by atoms with E-state index in [0.29, 0.717) is 0 Å². The van der Waals surface area contributed by atoms with E-state index in [0.717, 1.165) is 40.4 Å². The number of likely N-dealkylation sites (N-methyl/N-ethyl adjacent to an activating group) is 1. The first-order valence-corrected chi connectivity index (χ1v) is 9.96. The topological polar surface area (TPSA) is 32.3 Å². The molecule has 4 heteroatoms. The van der Waals surface area contributed by atoms with Crippen LogP contribution in [-0.4, -0.2) is 31.4 Å². The van der Waals surface area contributed by atoms with Gasteiger partial charge in [0.15, 0.2) is 0 Å². The highest BCUT2D eigenvalue weighted by molar-refractivity contribution is 6.30. The van der Waals surface area contributed by atoms with Crippen LogP contribution >= 0.6 is 11.6 Å². The summed E-state index contributed by atoms with van der Waals surface area (Å²) in [5, 5.41) is 3.62. The lowest BCUT2D eigenvalue weighted by molar-refractivity contribution is -0.111. The largest absolute Gasteiger partial charge is 0.323 e. The number of benzene rings is 3. The summed E-state index contributed by atoms with van der Waals surface area (Å²) in [6.07, 6.45) is 4.36. The zero-order valence-corrected chi connectivity index (χ0v) is 17.5. The number of halogens is 1. The molecule has 3 nitrogen and oxygen atoms in total. The number of nitrogens with one attached hydrogen (secondary N) is 1. The average molecular weight is 405 g/mol. The van der Waals surface area contributed by atoms with Gasteiger partial charge in [0.1, 0.15) is 0 Å². The van der Waals surface area contributed by atoms with Crippen LogP contribution in [-0.2, 0) is 11.2 Å². The van der Waals surface area contributed by atoms with Crippen molar-refractivity contribution >= 4 is 29.3 Å². The standard InChI is InChI=1S/C25H25ClN2O/c1-28(2)18-17-20-5-14-24(15-6-20)27-25(29)16-7-19-3-8-21(9-4-19)22-10-12-23(26)13-11-22/h3-16H,17-18H2,1-2H3,(H,27,29)/b16-7+. The Morgan fingerprint density at radius 3 is 2.07 bits per heavy atom. The molecule has 0 heterocycles. The van der Waals surface area contributed by atoms with Crippen molar-refractivity contribution in [2.45, 2.75) is 6.42 Å². The molecular weight excluding hydrogens is 380 g/mol. The predicted molar refractivity (Wildman–Crippen MR) is 123 cm³/mol. The highest BCUT2D eigenvalue weighted by Crippen LogP contribution is 2.22. The van der Waals surface area contributed by atoms with Crippen LogP contribution in [0.25, 0.3) is 17.2 Å². The van der Waals surface area contributed by atoms with Crippen LogP contribution < -0.4 is 5.32 Å². The summed E-state index contributed by atoms with van der Waals surface area (Å²) >= 11 is 5.94. The van der Waals surface area contributed by atoms with E-state index in [1.807, 2.05) is 66.7 Å². The Labute approximate surface area is 177 Å². The van der Waals surface area contributed by atoms with Crippen LogP contribution in [0.3, 0.4) is 0 Å². The number of hydrogen-bond donors (Lipinski definition) is 1. The molecule has 148 valence electrons. The molecule has 0 aliphatic carbocycles. The van der Waals surface area contributed by atoms with Crippen molar-refractivity contribution in [1.29, 1.82) is 0 Å². The third kappa shape index (κ3) is 6.60. The number of nitrogens with zero attached hydrogens (tertiary/aromatic N) is 1. The molecule has 0 unspecified atom stereocenters. The van der Waals surface area contributed by atoms with Gasteiger partial charge in [0.2, 0.25) is 5.91 Å². The maximum atomic E-state index is 12.2. The Kier molecular flexibility index (Phi) is 7.23. The number of amides is 1. The Balaban J connectivity index is 1.55. The van der Waals surface area contributed by atoms with Gasteiger partial charge in [-0.3, -0.25) is 4.79 Å². The van der Waals surface area contributed by atoms with Crippen LogP contribution in [0, 0.1) is 0 Å². The van der Waals surface area contributed by atoms with Gasteiger partial charge in [-0.15, -0.1) is 0 Å². The second-order valence-electron chi connectivity index (χ2n) is 7.20. The van der Waals surface area contributed by atoms with Crippen molar-refractivity contribution in [3.63, 3.8) is 0 Å². The minimum atomic E-state index is -0.146. The highest BCUT2D eigenvalue weighted by Gasteiger charge is 2.01. The predicted octanol–water partition coefficient (Wildman–Crippen LogP) is 5.76. The van der Waals surface area contributed by atoms with Crippen LogP contribution in [0.15, 0.2) is 78.9 Å². The van der Waals surface area contributed by atoms with Gasteiger partial charge in [0, 0.05) is 23.3 Å². The fraction of sp³-hybridized carbons (Fsp3) is 0.160. The quantitative estimate of drug-likeness (QED) is 0.507. The first kappa shape index (κ1) is 20.8. The molecule has 0 aromatic heterocycles. The third-order valence-electron chi connectivity index (χ3n) is 4.58. The summed E-state index contributed by atoms with van der Waals surface area (Å²) in [5.41, 5.74) is 5.24. The van der Waals surface area contributed by atoms with Gasteiger partial charge >= 0.3 is 0 Å². The van der Waals surface area contributed by atoms with Crippen LogP contribution in [0.5, 0.6) is 0 Å². The molecule has 0 atom stereocenters. The molecule has 0 fully saturated rings. The Hall–Kier alpha value is -2.88. The number of rotatable bonds is 7. The second kappa shape index (κ2) is 10.1. The number of carbonyl (C=O) groups is 1. The molecule has 3 rings (SSSR count). The first-order valence-electron chi connectivity index (χ1n) is 9.58. The first-order chi connectivity index (χ1) is 14.0. The van der Waals surface area contributed by atoms with Crippen molar-refractivity contribution in [1.82, 2.24) is 4.90 Å². The highest BCUT2D eigenvalue weighted by atomic mass is 35.5. The van der Waals surface area contributed by atoms with Crippen LogP contribution in [0.4, 0.5) is 5.69 Å². The average Bonchev–Trinajstić information content (AvgIpc) is 2.73. The van der Waals surface area contributed by atoms with Gasteiger partial charge in [-0.05, 0) is 73.1 Å². The van der Waals surface area contributed by atoms with Gasteiger partial charge in [0.25, 0.3) is 0 Å². The summed E-state index contributed by atoms with van der Waals surface area (Å²) < 4.78 is 0. The molecule has 3 aromatic carbocycles. The summed E-state index contributed by atoms with van der Waals surface area (Å²) in [4.78, 5) is 14.3. The lowest BCUT2D eigenvalue weighted by Crippen LogP contribution is -2.15. The van der Waals surface area contributed by atoms with Gasteiger partial charge in [0.05, 0.1) is 0 Å².